The fourth-order valence-corrected chi connectivity index (χ4v) is 1.92. The molecule has 0 aromatic heterocycles. The van der Waals surface area contributed by atoms with Crippen LogP contribution in [-0.4, -0.2) is 12.5 Å². The summed E-state index contributed by atoms with van der Waals surface area (Å²) >= 11 is 2.30. The fourth-order valence-electron chi connectivity index (χ4n) is 1.56. The predicted octanol–water partition coefficient (Wildman–Crippen LogP) is 1.64. The average Bonchev–Trinajstić information content (AvgIpc) is 2.19. The van der Waals surface area contributed by atoms with Gasteiger partial charge in [-0.25, -0.2) is 0 Å². The van der Waals surface area contributed by atoms with Crippen LogP contribution in [-0.2, 0) is 0 Å². The van der Waals surface area contributed by atoms with E-state index >= 15 is 0 Å². The minimum atomic E-state index is 0.324. The number of guanidine groups is 1. The quantitative estimate of drug-likeness (QED) is 0.775. The first-order chi connectivity index (χ1) is 6.75. The van der Waals surface area contributed by atoms with Gasteiger partial charge in [-0.3, -0.25) is 4.99 Å². The maximum Gasteiger partial charge on any atom is 0.189 e. The summed E-state index contributed by atoms with van der Waals surface area (Å²) in [5.74, 6) is 0.555. The summed E-state index contributed by atoms with van der Waals surface area (Å²) in [5.41, 5.74) is 6.91. The predicted molar refractivity (Wildman–Crippen MR) is 66.1 cm³/mol. The Kier molecular flexibility index (Phi) is 2.90. The summed E-state index contributed by atoms with van der Waals surface area (Å²) < 4.78 is 1.25. The smallest absolute Gasteiger partial charge is 0.189 e. The maximum absolute atomic E-state index is 5.63. The highest BCUT2D eigenvalue weighted by molar-refractivity contribution is 14.1. The second-order valence-electron chi connectivity index (χ2n) is 3.30. The maximum atomic E-state index is 5.63. The lowest BCUT2D eigenvalue weighted by atomic mass is 10.0. The first kappa shape index (κ1) is 9.76. The first-order valence-corrected chi connectivity index (χ1v) is 5.65. The van der Waals surface area contributed by atoms with Crippen LogP contribution in [0.4, 0.5) is 0 Å². The molecule has 0 aliphatic carbocycles. The van der Waals surface area contributed by atoms with Gasteiger partial charge in [0.05, 0.1) is 6.04 Å². The molecule has 0 saturated heterocycles. The van der Waals surface area contributed by atoms with Crippen LogP contribution in [0.3, 0.4) is 0 Å². The number of hydrogen-bond donors (Lipinski definition) is 2. The normalized spacial score (nSPS) is 21.2. The molecule has 1 heterocycles. The van der Waals surface area contributed by atoms with Crippen LogP contribution in [0.15, 0.2) is 29.3 Å². The Morgan fingerprint density at radius 2 is 2.07 bits per heavy atom. The van der Waals surface area contributed by atoms with Gasteiger partial charge < -0.3 is 11.1 Å². The van der Waals surface area contributed by atoms with E-state index in [0.29, 0.717) is 12.0 Å². The number of halogens is 1. The van der Waals surface area contributed by atoms with Gasteiger partial charge in [-0.05, 0) is 46.7 Å². The highest BCUT2D eigenvalue weighted by Gasteiger charge is 2.14. The zero-order valence-corrected chi connectivity index (χ0v) is 9.86. The van der Waals surface area contributed by atoms with E-state index in [1.54, 1.807) is 0 Å². The summed E-state index contributed by atoms with van der Waals surface area (Å²) in [6.07, 6.45) is 1.02. The van der Waals surface area contributed by atoms with E-state index in [1.807, 2.05) is 0 Å². The van der Waals surface area contributed by atoms with Crippen molar-refractivity contribution in [3.05, 3.63) is 33.4 Å². The van der Waals surface area contributed by atoms with Gasteiger partial charge in [0.25, 0.3) is 0 Å². The third kappa shape index (κ3) is 2.17. The molecule has 1 unspecified atom stereocenters. The van der Waals surface area contributed by atoms with Crippen molar-refractivity contribution < 1.29 is 0 Å². The Labute approximate surface area is 96.9 Å². The number of aliphatic imine (C=N–C) groups is 1. The van der Waals surface area contributed by atoms with Crippen molar-refractivity contribution in [3.63, 3.8) is 0 Å². The summed E-state index contributed by atoms with van der Waals surface area (Å²) in [6, 6.07) is 8.82. The molecule has 2 rings (SSSR count). The van der Waals surface area contributed by atoms with E-state index in [9.17, 15) is 0 Å². The van der Waals surface area contributed by atoms with Crippen LogP contribution in [0.1, 0.15) is 18.0 Å². The number of nitrogens with zero attached hydrogens (tertiary/aromatic N) is 1. The lowest BCUT2D eigenvalue weighted by Gasteiger charge is -2.22. The zero-order chi connectivity index (χ0) is 9.97. The van der Waals surface area contributed by atoms with Crippen molar-refractivity contribution >= 4 is 28.6 Å². The number of hydrogen-bond acceptors (Lipinski definition) is 3. The van der Waals surface area contributed by atoms with E-state index in [0.717, 1.165) is 13.0 Å². The fraction of sp³-hybridized carbons (Fsp3) is 0.300. The van der Waals surface area contributed by atoms with Crippen LogP contribution < -0.4 is 11.1 Å². The summed E-state index contributed by atoms with van der Waals surface area (Å²) in [5, 5.41) is 3.18. The van der Waals surface area contributed by atoms with E-state index in [2.05, 4.69) is 57.2 Å². The van der Waals surface area contributed by atoms with E-state index in [4.69, 9.17) is 5.73 Å². The lowest BCUT2D eigenvalue weighted by molar-refractivity contribution is 0.568. The monoisotopic (exact) mass is 301 g/mol. The molecule has 0 saturated carbocycles. The molecule has 4 heteroatoms. The second kappa shape index (κ2) is 4.16. The molecule has 0 radical (unpaired) electrons. The number of nitrogens with two attached hydrogens (primary N) is 1. The van der Waals surface area contributed by atoms with Gasteiger partial charge in [0.1, 0.15) is 0 Å². The Morgan fingerprint density at radius 3 is 2.71 bits per heavy atom. The highest BCUT2D eigenvalue weighted by atomic mass is 127. The molecule has 0 amide bonds. The molecule has 3 nitrogen and oxygen atoms in total. The van der Waals surface area contributed by atoms with Gasteiger partial charge >= 0.3 is 0 Å². The summed E-state index contributed by atoms with van der Waals surface area (Å²) in [6.45, 7) is 0.815. The van der Waals surface area contributed by atoms with Gasteiger partial charge in [-0.2, -0.15) is 0 Å². The summed E-state index contributed by atoms with van der Waals surface area (Å²) in [4.78, 5) is 4.11. The minimum absolute atomic E-state index is 0.324. The molecule has 14 heavy (non-hydrogen) atoms. The molecule has 3 N–H and O–H groups in total. The average molecular weight is 301 g/mol. The number of rotatable bonds is 1. The van der Waals surface area contributed by atoms with Gasteiger partial charge in [0, 0.05) is 10.1 Å². The van der Waals surface area contributed by atoms with Crippen molar-refractivity contribution in [3.8, 4) is 0 Å². The molecule has 1 aliphatic rings. The molecule has 0 fully saturated rings. The third-order valence-electron chi connectivity index (χ3n) is 2.29. The van der Waals surface area contributed by atoms with E-state index in [1.165, 1.54) is 9.13 Å². The minimum Gasteiger partial charge on any atom is -0.370 e. The molecule has 1 aliphatic heterocycles. The highest BCUT2D eigenvalue weighted by Crippen LogP contribution is 2.19. The number of benzene rings is 1. The Balaban J connectivity index is 2.16. The molecule has 1 atom stereocenters. The zero-order valence-electron chi connectivity index (χ0n) is 7.70. The Hall–Kier alpha value is -0.780. The topological polar surface area (TPSA) is 50.4 Å². The second-order valence-corrected chi connectivity index (χ2v) is 4.55. The van der Waals surface area contributed by atoms with Crippen LogP contribution in [0.25, 0.3) is 0 Å². The number of nitrogens with one attached hydrogen (secondary N) is 1. The van der Waals surface area contributed by atoms with Crippen molar-refractivity contribution in [2.24, 2.45) is 10.7 Å². The van der Waals surface area contributed by atoms with Crippen molar-refractivity contribution in [1.82, 2.24) is 5.32 Å². The Morgan fingerprint density at radius 1 is 1.36 bits per heavy atom. The van der Waals surface area contributed by atoms with Crippen LogP contribution >= 0.6 is 22.6 Å². The standard InChI is InChI=1S/C10H12IN3/c11-8-3-1-7(2-4-8)9-5-6-13-10(12)14-9/h1-4,9H,5-6H2,(H3,12,13,14). The Bertz CT molecular complexity index is 345. The summed E-state index contributed by atoms with van der Waals surface area (Å²) in [7, 11) is 0. The molecule has 1 aromatic carbocycles. The lowest BCUT2D eigenvalue weighted by Crippen LogP contribution is -2.38. The largest absolute Gasteiger partial charge is 0.370 e. The first-order valence-electron chi connectivity index (χ1n) is 4.57. The van der Waals surface area contributed by atoms with Crippen LogP contribution in [0, 0.1) is 3.57 Å². The molecular weight excluding hydrogens is 289 g/mol. The molecular formula is C10H12IN3. The van der Waals surface area contributed by atoms with Gasteiger partial charge in [0.15, 0.2) is 5.96 Å². The SMILES string of the molecule is NC1=NCCC(c2ccc(I)cc2)N1. The van der Waals surface area contributed by atoms with Gasteiger partial charge in [0.2, 0.25) is 0 Å². The third-order valence-corrected chi connectivity index (χ3v) is 3.01. The van der Waals surface area contributed by atoms with Crippen molar-refractivity contribution in [2.75, 3.05) is 6.54 Å². The van der Waals surface area contributed by atoms with Gasteiger partial charge in [-0.15, -0.1) is 0 Å². The van der Waals surface area contributed by atoms with Crippen LogP contribution in [0.5, 0.6) is 0 Å². The van der Waals surface area contributed by atoms with Crippen LogP contribution in [0.2, 0.25) is 0 Å². The van der Waals surface area contributed by atoms with E-state index < -0.39 is 0 Å². The molecule has 0 bridgehead atoms. The molecule has 1 aromatic rings. The van der Waals surface area contributed by atoms with Crippen molar-refractivity contribution in [1.29, 1.82) is 0 Å². The molecule has 0 spiro atoms. The van der Waals surface area contributed by atoms with E-state index in [-0.39, 0.29) is 0 Å². The molecule has 74 valence electrons. The van der Waals surface area contributed by atoms with Gasteiger partial charge in [-0.1, -0.05) is 12.1 Å². The van der Waals surface area contributed by atoms with Crippen molar-refractivity contribution in [2.45, 2.75) is 12.5 Å².